The van der Waals surface area contributed by atoms with Crippen LogP contribution in [0.1, 0.15) is 13.8 Å². The molecule has 7 nitrogen and oxygen atoms in total. The van der Waals surface area contributed by atoms with Gasteiger partial charge in [-0.1, -0.05) is 13.8 Å². The summed E-state index contributed by atoms with van der Waals surface area (Å²) in [6.45, 7) is 3.27. The highest BCUT2D eigenvalue weighted by molar-refractivity contribution is 7.89. The van der Waals surface area contributed by atoms with Crippen molar-refractivity contribution in [2.75, 3.05) is 0 Å². The minimum atomic E-state index is -4.04. The lowest BCUT2D eigenvalue weighted by atomic mass is 10.1. The van der Waals surface area contributed by atoms with E-state index in [-0.39, 0.29) is 4.90 Å². The molecular weight excluding hydrogens is 423 g/mol. The summed E-state index contributed by atoms with van der Waals surface area (Å²) < 4.78 is 33.5. The molecule has 4 rings (SSSR count). The van der Waals surface area contributed by atoms with Crippen molar-refractivity contribution in [2.24, 2.45) is 5.92 Å². The number of furan rings is 1. The first-order valence-electron chi connectivity index (χ1n) is 9.08. The fourth-order valence-electron chi connectivity index (χ4n) is 3.18. The summed E-state index contributed by atoms with van der Waals surface area (Å²) in [6, 6.07) is 8.85. The van der Waals surface area contributed by atoms with Gasteiger partial charge in [-0.25, -0.2) is 8.42 Å². The highest BCUT2D eigenvalue weighted by Gasteiger charge is 2.28. The fourth-order valence-corrected chi connectivity index (χ4v) is 5.24. The molecule has 0 saturated carbocycles. The summed E-state index contributed by atoms with van der Waals surface area (Å²) in [6.07, 6.45) is 0. The molecule has 10 heteroatoms. The largest absolute Gasteiger partial charge is 0.480 e. The Balaban J connectivity index is 1.76. The Labute approximate surface area is 178 Å². The van der Waals surface area contributed by atoms with Crippen LogP contribution in [0.25, 0.3) is 32.5 Å². The number of sulfonamides is 1. The van der Waals surface area contributed by atoms with Crippen LogP contribution < -0.4 is 10.3 Å². The molecule has 152 valence electrons. The van der Waals surface area contributed by atoms with Crippen molar-refractivity contribution in [1.82, 2.24) is 9.71 Å². The average molecular weight is 440 g/mol. The van der Waals surface area contributed by atoms with Gasteiger partial charge < -0.3 is 9.52 Å². The van der Waals surface area contributed by atoms with Crippen LogP contribution >= 0.6 is 11.3 Å². The molecule has 0 bridgehead atoms. The summed E-state index contributed by atoms with van der Waals surface area (Å²) in [5.41, 5.74) is 2.33. The van der Waals surface area contributed by atoms with Crippen LogP contribution in [0.4, 0.5) is 0 Å². The second-order valence-electron chi connectivity index (χ2n) is 7.23. The third-order valence-corrected chi connectivity index (χ3v) is 7.09. The zero-order valence-corrected chi connectivity index (χ0v) is 17.8. The van der Waals surface area contributed by atoms with Gasteiger partial charge in [-0.05, 0) is 41.8 Å². The highest BCUT2D eigenvalue weighted by atomic mass is 32.2. The molecule has 0 aliphatic heterocycles. The van der Waals surface area contributed by atoms with E-state index in [0.29, 0.717) is 16.8 Å². The molecule has 4 aromatic rings. The Hall–Kier alpha value is -2.69. The Kier molecular flexibility index (Phi) is 5.17. The van der Waals surface area contributed by atoms with Gasteiger partial charge in [-0.2, -0.15) is 4.72 Å². The molecule has 2 aromatic heterocycles. The van der Waals surface area contributed by atoms with Gasteiger partial charge in [0.25, 0.3) is 0 Å². The van der Waals surface area contributed by atoms with Gasteiger partial charge in [-0.15, -0.1) is 11.3 Å². The van der Waals surface area contributed by atoms with E-state index in [9.17, 15) is 18.3 Å². The summed E-state index contributed by atoms with van der Waals surface area (Å²) in [7, 11) is 1.67. The van der Waals surface area contributed by atoms with E-state index < -0.39 is 28.0 Å². The molecule has 0 fully saturated rings. The predicted molar refractivity (Wildman–Crippen MR) is 117 cm³/mol. The molecule has 2 aromatic carbocycles. The van der Waals surface area contributed by atoms with Gasteiger partial charge in [0.1, 0.15) is 30.1 Å². The Morgan fingerprint density at radius 1 is 1.17 bits per heavy atom. The number of fused-ring (bicyclic) bond motifs is 3. The maximum Gasteiger partial charge on any atom is 0.322 e. The number of aromatic nitrogens is 1. The zero-order valence-electron chi connectivity index (χ0n) is 16.1. The van der Waals surface area contributed by atoms with Gasteiger partial charge in [-0.3, -0.25) is 9.78 Å². The number of benzene rings is 2. The van der Waals surface area contributed by atoms with Crippen molar-refractivity contribution in [3.8, 4) is 10.6 Å². The molecule has 30 heavy (non-hydrogen) atoms. The van der Waals surface area contributed by atoms with Gasteiger partial charge in [0, 0.05) is 27.8 Å². The van der Waals surface area contributed by atoms with Crippen LogP contribution in [0.5, 0.6) is 0 Å². The topological polar surface area (TPSA) is 110 Å². The van der Waals surface area contributed by atoms with E-state index in [1.54, 1.807) is 31.4 Å². The SMILES string of the molecule is [B]c1csc(-c2ccc3oc4cc(S(=O)(=O)N[C@H](C(=O)O)C(C)C)ccc4c3c2)n1. The Morgan fingerprint density at radius 2 is 1.93 bits per heavy atom. The van der Waals surface area contributed by atoms with E-state index in [2.05, 4.69) is 9.71 Å². The number of carboxylic acid groups (broad SMARTS) is 1. The van der Waals surface area contributed by atoms with Crippen molar-refractivity contribution in [1.29, 1.82) is 0 Å². The average Bonchev–Trinajstić information content (AvgIpc) is 3.28. The van der Waals surface area contributed by atoms with Gasteiger partial charge in [0.2, 0.25) is 10.0 Å². The quantitative estimate of drug-likeness (QED) is 0.447. The van der Waals surface area contributed by atoms with Gasteiger partial charge in [0.15, 0.2) is 0 Å². The lowest BCUT2D eigenvalue weighted by Gasteiger charge is -2.17. The maximum absolute atomic E-state index is 12.7. The molecule has 0 unspecified atom stereocenters. The standard InChI is InChI=1S/C20H17BN2O5S2/c1-10(2)18(20(24)25)23-30(26,27)12-4-5-13-14-7-11(19-22-17(21)9-29-19)3-6-15(14)28-16(13)8-12/h3-10,18,23H,1-2H3,(H,24,25)/t18-/m0/s1. The number of thiazole rings is 1. The van der Waals surface area contributed by atoms with E-state index in [1.165, 1.54) is 23.5 Å². The molecule has 2 N–H and O–H groups in total. The normalized spacial score (nSPS) is 13.3. The molecule has 0 amide bonds. The molecule has 0 aliphatic carbocycles. The Bertz CT molecular complexity index is 1370. The first-order valence-corrected chi connectivity index (χ1v) is 11.4. The second kappa shape index (κ2) is 7.53. The number of hydrogen-bond donors (Lipinski definition) is 2. The van der Waals surface area contributed by atoms with Crippen LogP contribution in [-0.4, -0.2) is 38.4 Å². The minimum absolute atomic E-state index is 0.0612. The van der Waals surface area contributed by atoms with E-state index in [0.717, 1.165) is 21.3 Å². The van der Waals surface area contributed by atoms with Crippen LogP contribution in [-0.2, 0) is 14.8 Å². The van der Waals surface area contributed by atoms with Crippen molar-refractivity contribution in [3.05, 3.63) is 41.8 Å². The first kappa shape index (κ1) is 20.6. The number of hydrogen-bond acceptors (Lipinski definition) is 6. The molecule has 1 atom stereocenters. The van der Waals surface area contributed by atoms with Crippen LogP contribution in [0.15, 0.2) is 51.1 Å². The number of nitrogens with zero attached hydrogens (tertiary/aromatic N) is 1. The smallest absolute Gasteiger partial charge is 0.322 e. The molecule has 2 radical (unpaired) electrons. The molecule has 0 saturated heterocycles. The zero-order chi connectivity index (χ0) is 21.6. The number of nitrogens with one attached hydrogen (secondary N) is 1. The van der Waals surface area contributed by atoms with Gasteiger partial charge >= 0.3 is 5.97 Å². The van der Waals surface area contributed by atoms with Crippen LogP contribution in [0.2, 0.25) is 0 Å². The number of aliphatic carboxylic acids is 1. The number of rotatable bonds is 6. The van der Waals surface area contributed by atoms with Crippen molar-refractivity contribution >= 4 is 62.7 Å². The number of carbonyl (C=O) groups is 1. The predicted octanol–water partition coefficient (Wildman–Crippen LogP) is 2.89. The van der Waals surface area contributed by atoms with E-state index in [1.807, 2.05) is 12.1 Å². The summed E-state index contributed by atoms with van der Waals surface area (Å²) >= 11 is 1.43. The minimum Gasteiger partial charge on any atom is -0.480 e. The monoisotopic (exact) mass is 440 g/mol. The summed E-state index contributed by atoms with van der Waals surface area (Å²) in [4.78, 5) is 15.6. The molecule has 0 spiro atoms. The third-order valence-electron chi connectivity index (χ3n) is 4.74. The summed E-state index contributed by atoms with van der Waals surface area (Å²) in [5, 5.41) is 13.4. The van der Waals surface area contributed by atoms with Crippen molar-refractivity contribution < 1.29 is 22.7 Å². The summed E-state index contributed by atoms with van der Waals surface area (Å²) in [5.74, 6) is -1.64. The first-order chi connectivity index (χ1) is 14.2. The van der Waals surface area contributed by atoms with E-state index in [4.69, 9.17) is 12.3 Å². The van der Waals surface area contributed by atoms with E-state index >= 15 is 0 Å². The molecule has 2 heterocycles. The Morgan fingerprint density at radius 3 is 2.57 bits per heavy atom. The van der Waals surface area contributed by atoms with Crippen molar-refractivity contribution in [2.45, 2.75) is 24.8 Å². The number of carboxylic acids is 1. The molecular formula is C20H17BN2O5S2. The van der Waals surface area contributed by atoms with Crippen LogP contribution in [0, 0.1) is 5.92 Å². The third kappa shape index (κ3) is 3.73. The van der Waals surface area contributed by atoms with Crippen LogP contribution in [0.3, 0.4) is 0 Å². The lowest BCUT2D eigenvalue weighted by Crippen LogP contribution is -2.44. The lowest BCUT2D eigenvalue weighted by molar-refractivity contribution is -0.140. The highest BCUT2D eigenvalue weighted by Crippen LogP contribution is 2.34. The fraction of sp³-hybridized carbons (Fsp3) is 0.200. The van der Waals surface area contributed by atoms with Gasteiger partial charge in [0.05, 0.1) is 4.90 Å². The maximum atomic E-state index is 12.7. The molecule has 0 aliphatic rings. The second-order valence-corrected chi connectivity index (χ2v) is 9.80. The van der Waals surface area contributed by atoms with Crippen molar-refractivity contribution in [3.63, 3.8) is 0 Å².